The zero-order chi connectivity index (χ0) is 21.0. The van der Waals surface area contributed by atoms with Gasteiger partial charge in [0.15, 0.2) is 17.1 Å². The van der Waals surface area contributed by atoms with E-state index in [0.717, 1.165) is 5.56 Å². The maximum absolute atomic E-state index is 13.7. The second-order valence-corrected chi connectivity index (χ2v) is 8.19. The van der Waals surface area contributed by atoms with Gasteiger partial charge >= 0.3 is 0 Å². The number of Topliss-reactive ketones (excluding diaryl/α,β-unsaturated/α-hetero) is 1. The Morgan fingerprint density at radius 3 is 2.33 bits per heavy atom. The Bertz CT molecular complexity index is 1250. The Balaban J connectivity index is 1.89. The summed E-state index contributed by atoms with van der Waals surface area (Å²) in [6.07, 6.45) is 0.125. The van der Waals surface area contributed by atoms with E-state index < -0.39 is 17.2 Å². The quantitative estimate of drug-likeness (QED) is 0.591. The molecule has 30 heavy (non-hydrogen) atoms. The number of hydrogen-bond donors (Lipinski definition) is 1. The number of anilines is 1. The number of halogens is 2. The second kappa shape index (κ2) is 6.73. The number of aliphatic hydroxyl groups is 1. The van der Waals surface area contributed by atoms with Gasteiger partial charge in [-0.15, -0.1) is 0 Å². The molecular weight excluding hydrogens is 421 g/mol. The molecule has 148 valence electrons. The highest BCUT2D eigenvalue weighted by atomic mass is 35.5. The topological polar surface area (TPSA) is 57.6 Å². The van der Waals surface area contributed by atoms with Crippen LogP contribution in [0.1, 0.15) is 16.7 Å². The first-order chi connectivity index (χ1) is 14.4. The fourth-order valence-corrected chi connectivity index (χ4v) is 4.89. The van der Waals surface area contributed by atoms with Crippen molar-refractivity contribution < 1.29 is 14.7 Å². The predicted octanol–water partition coefficient (Wildman–Crippen LogP) is 5.33. The minimum absolute atomic E-state index is 0.125. The number of amides is 1. The molecule has 3 aromatic rings. The number of fused-ring (bicyclic) bond motifs is 2. The number of hydrogen-bond acceptors (Lipinski definition) is 3. The van der Waals surface area contributed by atoms with Gasteiger partial charge in [-0.25, -0.2) is 0 Å². The summed E-state index contributed by atoms with van der Waals surface area (Å²) in [6.45, 7) is 0. The van der Waals surface area contributed by atoms with Crippen LogP contribution < -0.4 is 4.90 Å². The molecule has 1 amide bonds. The summed E-state index contributed by atoms with van der Waals surface area (Å²) in [5.74, 6) is -1.32. The third-order valence-corrected chi connectivity index (χ3v) is 6.15. The van der Waals surface area contributed by atoms with Crippen LogP contribution in [0.2, 0.25) is 10.0 Å². The number of rotatable bonds is 2. The first kappa shape index (κ1) is 18.9. The van der Waals surface area contributed by atoms with Crippen LogP contribution in [0.5, 0.6) is 0 Å². The molecule has 6 heteroatoms. The molecule has 0 bridgehead atoms. The van der Waals surface area contributed by atoms with Crippen LogP contribution in [0.15, 0.2) is 78.6 Å². The molecule has 1 N–H and O–H groups in total. The minimum atomic E-state index is -1.52. The number of aliphatic hydroxyl groups excluding tert-OH is 1. The normalized spacial score (nSPS) is 20.4. The molecule has 1 atom stereocenters. The Labute approximate surface area is 183 Å². The van der Waals surface area contributed by atoms with Crippen LogP contribution >= 0.6 is 23.2 Å². The van der Waals surface area contributed by atoms with Crippen molar-refractivity contribution in [3.8, 4) is 0 Å². The van der Waals surface area contributed by atoms with Crippen LogP contribution in [0, 0.1) is 0 Å². The van der Waals surface area contributed by atoms with Crippen molar-refractivity contribution in [3.63, 3.8) is 0 Å². The fraction of sp³-hybridized carbons (Fsp3) is 0.0833. The molecule has 1 unspecified atom stereocenters. The molecule has 1 spiro atoms. The zero-order valence-electron chi connectivity index (χ0n) is 15.6. The SMILES string of the molecule is O=C1C(O)=C(c2ccccc2)C2(C(=O)Cc3ccc(Cl)cc32)N1c1cccc(Cl)c1. The summed E-state index contributed by atoms with van der Waals surface area (Å²) >= 11 is 12.5. The van der Waals surface area contributed by atoms with Gasteiger partial charge in [-0.1, -0.05) is 65.7 Å². The molecule has 5 rings (SSSR count). The predicted molar refractivity (Wildman–Crippen MR) is 117 cm³/mol. The average Bonchev–Trinajstić information content (AvgIpc) is 3.14. The van der Waals surface area contributed by atoms with Gasteiger partial charge in [-0.3, -0.25) is 14.5 Å². The van der Waals surface area contributed by atoms with Crippen molar-refractivity contribution in [1.82, 2.24) is 0 Å². The molecule has 3 aromatic carbocycles. The monoisotopic (exact) mass is 435 g/mol. The van der Waals surface area contributed by atoms with Crippen LogP contribution in [-0.4, -0.2) is 16.8 Å². The molecule has 1 aliphatic heterocycles. The highest BCUT2D eigenvalue weighted by Gasteiger charge is 2.62. The molecule has 0 aromatic heterocycles. The minimum Gasteiger partial charge on any atom is -0.503 e. The summed E-state index contributed by atoms with van der Waals surface area (Å²) in [4.78, 5) is 28.4. The van der Waals surface area contributed by atoms with Crippen molar-refractivity contribution in [2.75, 3.05) is 4.90 Å². The van der Waals surface area contributed by atoms with E-state index in [1.54, 1.807) is 66.7 Å². The fourth-order valence-electron chi connectivity index (χ4n) is 4.53. The van der Waals surface area contributed by atoms with Gasteiger partial charge in [-0.2, -0.15) is 0 Å². The maximum Gasteiger partial charge on any atom is 0.294 e. The van der Waals surface area contributed by atoms with Crippen LogP contribution in [0.4, 0.5) is 5.69 Å². The van der Waals surface area contributed by atoms with E-state index in [4.69, 9.17) is 23.2 Å². The van der Waals surface area contributed by atoms with Gasteiger partial charge < -0.3 is 5.11 Å². The van der Waals surface area contributed by atoms with Crippen LogP contribution in [0.25, 0.3) is 5.57 Å². The van der Waals surface area contributed by atoms with Gasteiger partial charge in [0.25, 0.3) is 5.91 Å². The number of ketones is 1. The summed E-state index contributed by atoms with van der Waals surface area (Å²) in [5.41, 5.74) is 1.12. The Kier molecular flexibility index (Phi) is 4.24. The van der Waals surface area contributed by atoms with Crippen molar-refractivity contribution in [3.05, 3.63) is 105 Å². The molecule has 0 fully saturated rings. The first-order valence-electron chi connectivity index (χ1n) is 9.36. The summed E-state index contributed by atoms with van der Waals surface area (Å²) in [7, 11) is 0. The Morgan fingerprint density at radius 2 is 1.60 bits per heavy atom. The maximum atomic E-state index is 13.7. The molecule has 0 saturated heterocycles. The van der Waals surface area contributed by atoms with Gasteiger partial charge in [0.1, 0.15) is 0 Å². The lowest BCUT2D eigenvalue weighted by atomic mass is 9.79. The molecule has 1 heterocycles. The van der Waals surface area contributed by atoms with Crippen molar-refractivity contribution in [2.45, 2.75) is 12.0 Å². The van der Waals surface area contributed by atoms with E-state index >= 15 is 0 Å². The summed E-state index contributed by atoms with van der Waals surface area (Å²) in [6, 6.07) is 20.9. The van der Waals surface area contributed by atoms with Gasteiger partial charge in [-0.05, 0) is 47.0 Å². The number of carbonyl (C=O) groups is 2. The van der Waals surface area contributed by atoms with E-state index in [-0.39, 0.29) is 17.8 Å². The van der Waals surface area contributed by atoms with E-state index in [2.05, 4.69) is 0 Å². The Morgan fingerprint density at radius 1 is 0.867 bits per heavy atom. The highest BCUT2D eigenvalue weighted by Crippen LogP contribution is 2.55. The van der Waals surface area contributed by atoms with Gasteiger partial charge in [0.05, 0.1) is 0 Å². The number of benzene rings is 3. The van der Waals surface area contributed by atoms with E-state index in [9.17, 15) is 14.7 Å². The van der Waals surface area contributed by atoms with Crippen LogP contribution in [-0.2, 0) is 21.5 Å². The van der Waals surface area contributed by atoms with Gasteiger partial charge in [0.2, 0.25) is 0 Å². The molecule has 2 aliphatic rings. The molecule has 4 nitrogen and oxygen atoms in total. The number of nitrogens with zero attached hydrogens (tertiary/aromatic N) is 1. The molecule has 0 radical (unpaired) electrons. The van der Waals surface area contributed by atoms with Crippen LogP contribution in [0.3, 0.4) is 0 Å². The summed E-state index contributed by atoms with van der Waals surface area (Å²) in [5, 5.41) is 11.9. The first-order valence-corrected chi connectivity index (χ1v) is 10.1. The zero-order valence-corrected chi connectivity index (χ0v) is 17.1. The Hall–Kier alpha value is -3.08. The van der Waals surface area contributed by atoms with Crippen molar-refractivity contribution >= 4 is 46.2 Å². The van der Waals surface area contributed by atoms with E-state index in [1.807, 2.05) is 6.07 Å². The molecular formula is C24H15Cl2NO3. The smallest absolute Gasteiger partial charge is 0.294 e. The average molecular weight is 436 g/mol. The van der Waals surface area contributed by atoms with Crippen molar-refractivity contribution in [1.29, 1.82) is 0 Å². The van der Waals surface area contributed by atoms with Gasteiger partial charge in [0, 0.05) is 27.7 Å². The molecule has 0 saturated carbocycles. The third-order valence-electron chi connectivity index (χ3n) is 5.68. The standard InChI is InChI=1S/C24H15Cl2NO3/c25-16-7-4-8-18(12-16)27-23(30)22(29)21(14-5-2-1-3-6-14)24(27)19-13-17(26)10-9-15(19)11-20(24)28/h1-10,12-13,29H,11H2. The third kappa shape index (κ3) is 2.47. The number of carbonyl (C=O) groups excluding carboxylic acids is 2. The van der Waals surface area contributed by atoms with E-state index in [0.29, 0.717) is 26.9 Å². The lowest BCUT2D eigenvalue weighted by molar-refractivity contribution is -0.124. The second-order valence-electron chi connectivity index (χ2n) is 7.32. The largest absolute Gasteiger partial charge is 0.503 e. The molecule has 1 aliphatic carbocycles. The highest BCUT2D eigenvalue weighted by molar-refractivity contribution is 6.32. The lowest BCUT2D eigenvalue weighted by Crippen LogP contribution is -2.49. The van der Waals surface area contributed by atoms with E-state index in [1.165, 1.54) is 4.90 Å². The summed E-state index contributed by atoms with van der Waals surface area (Å²) < 4.78 is 0. The lowest BCUT2D eigenvalue weighted by Gasteiger charge is -2.37. The van der Waals surface area contributed by atoms with Crippen molar-refractivity contribution in [2.24, 2.45) is 0 Å².